The highest BCUT2D eigenvalue weighted by Crippen LogP contribution is 2.43. The molecule has 0 saturated carbocycles. The van der Waals surface area contributed by atoms with Gasteiger partial charge in [-0.2, -0.15) is 0 Å². The summed E-state index contributed by atoms with van der Waals surface area (Å²) in [4.78, 5) is 21.9. The Morgan fingerprint density at radius 3 is 2.43 bits per heavy atom. The molecule has 0 radical (unpaired) electrons. The first-order chi connectivity index (χ1) is 13.1. The van der Waals surface area contributed by atoms with Gasteiger partial charge in [0.15, 0.2) is 0 Å². The van der Waals surface area contributed by atoms with E-state index in [9.17, 15) is 9.59 Å². The highest BCUT2D eigenvalue weighted by atomic mass is 16.5. The highest BCUT2D eigenvalue weighted by Gasteiger charge is 2.32. The van der Waals surface area contributed by atoms with Crippen LogP contribution in [0.5, 0.6) is 0 Å². The molecule has 0 aromatic heterocycles. The molecule has 4 nitrogen and oxygen atoms in total. The molecule has 0 heterocycles. The van der Waals surface area contributed by atoms with Crippen molar-refractivity contribution >= 4 is 11.9 Å². The SMILES string of the molecule is CC(=O)O/C=C/C(=C/OC(C)=O)CC/C=C(\C)CC[C@@H]1C(C)=CCCC1(C)C. The average molecular weight is 389 g/mol. The summed E-state index contributed by atoms with van der Waals surface area (Å²) in [6.45, 7) is 11.9. The zero-order valence-corrected chi connectivity index (χ0v) is 18.3. The molecule has 1 aliphatic rings. The molecule has 0 saturated heterocycles. The molecule has 0 aromatic rings. The number of carbonyl (C=O) groups is 2. The summed E-state index contributed by atoms with van der Waals surface area (Å²) in [6.07, 6.45) is 15.3. The number of rotatable bonds is 9. The summed E-state index contributed by atoms with van der Waals surface area (Å²) in [5.74, 6) is -0.104. The van der Waals surface area contributed by atoms with Crippen LogP contribution in [0.3, 0.4) is 0 Å². The second-order valence-electron chi connectivity index (χ2n) is 8.37. The molecular formula is C24H36O4. The maximum atomic E-state index is 11.0. The Bertz CT molecular complexity index is 662. The Labute approximate surface area is 170 Å². The molecule has 156 valence electrons. The van der Waals surface area contributed by atoms with Crippen molar-refractivity contribution in [3.05, 3.63) is 47.5 Å². The molecule has 0 aromatic carbocycles. The zero-order chi connectivity index (χ0) is 21.2. The molecule has 0 spiro atoms. The highest BCUT2D eigenvalue weighted by molar-refractivity contribution is 5.67. The van der Waals surface area contributed by atoms with Gasteiger partial charge >= 0.3 is 11.9 Å². The molecular weight excluding hydrogens is 352 g/mol. The van der Waals surface area contributed by atoms with Gasteiger partial charge in [-0.05, 0) is 75.4 Å². The Kier molecular flexibility index (Phi) is 9.98. The summed E-state index contributed by atoms with van der Waals surface area (Å²) in [7, 11) is 0. The van der Waals surface area contributed by atoms with E-state index in [0.717, 1.165) is 18.4 Å². The third-order valence-corrected chi connectivity index (χ3v) is 5.39. The van der Waals surface area contributed by atoms with Crippen LogP contribution in [0.25, 0.3) is 0 Å². The second-order valence-corrected chi connectivity index (χ2v) is 8.37. The van der Waals surface area contributed by atoms with Gasteiger partial charge in [0.25, 0.3) is 0 Å². The van der Waals surface area contributed by atoms with Gasteiger partial charge in [-0.1, -0.05) is 37.1 Å². The number of allylic oxidation sites excluding steroid dienone is 6. The Morgan fingerprint density at radius 1 is 1.14 bits per heavy atom. The lowest BCUT2D eigenvalue weighted by Gasteiger charge is -2.38. The standard InChI is InChI=1S/C24H36O4/c1-18(12-13-23-19(2)10-8-15-24(23,5)6)9-7-11-22(17-28-21(4)26)14-16-27-20(3)25/h9-10,14,16-17,23H,7-8,11-13,15H2,1-6H3/b16-14+,18-9+,22-17+/t23-/m1/s1. The predicted octanol–water partition coefficient (Wildman–Crippen LogP) is 6.40. The zero-order valence-electron chi connectivity index (χ0n) is 18.3. The Balaban J connectivity index is 2.59. The van der Waals surface area contributed by atoms with E-state index in [1.54, 1.807) is 6.08 Å². The molecule has 0 amide bonds. The molecule has 0 unspecified atom stereocenters. The number of carbonyl (C=O) groups excluding carboxylic acids is 2. The van der Waals surface area contributed by atoms with E-state index in [1.165, 1.54) is 56.8 Å². The fourth-order valence-electron chi connectivity index (χ4n) is 3.74. The van der Waals surface area contributed by atoms with Gasteiger partial charge in [0.2, 0.25) is 0 Å². The van der Waals surface area contributed by atoms with Crippen molar-refractivity contribution in [1.29, 1.82) is 0 Å². The Morgan fingerprint density at radius 2 is 1.82 bits per heavy atom. The van der Waals surface area contributed by atoms with Gasteiger partial charge in [0.05, 0.1) is 12.5 Å². The van der Waals surface area contributed by atoms with Gasteiger partial charge < -0.3 is 9.47 Å². The van der Waals surface area contributed by atoms with E-state index in [-0.39, 0.29) is 11.9 Å². The second kappa shape index (κ2) is 11.7. The average Bonchev–Trinajstić information content (AvgIpc) is 2.57. The summed E-state index contributed by atoms with van der Waals surface area (Å²) < 4.78 is 9.78. The maximum Gasteiger partial charge on any atom is 0.307 e. The van der Waals surface area contributed by atoms with E-state index in [1.807, 2.05) is 0 Å². The molecule has 0 aliphatic heterocycles. The Hall–Kier alpha value is -2.10. The molecule has 0 N–H and O–H groups in total. The van der Waals surface area contributed by atoms with Crippen LogP contribution < -0.4 is 0 Å². The largest absolute Gasteiger partial charge is 0.435 e. The van der Waals surface area contributed by atoms with Crippen LogP contribution >= 0.6 is 0 Å². The van der Waals surface area contributed by atoms with Gasteiger partial charge in [-0.3, -0.25) is 9.59 Å². The van der Waals surface area contributed by atoms with E-state index < -0.39 is 0 Å². The van der Waals surface area contributed by atoms with Crippen molar-refractivity contribution in [3.8, 4) is 0 Å². The fraction of sp³-hybridized carbons (Fsp3) is 0.583. The lowest BCUT2D eigenvalue weighted by atomic mass is 9.67. The van der Waals surface area contributed by atoms with Crippen LogP contribution in [-0.2, 0) is 19.1 Å². The minimum Gasteiger partial charge on any atom is -0.435 e. The van der Waals surface area contributed by atoms with Crippen LogP contribution in [0.15, 0.2) is 47.5 Å². The topological polar surface area (TPSA) is 52.6 Å². The number of hydrogen-bond acceptors (Lipinski definition) is 4. The summed E-state index contributed by atoms with van der Waals surface area (Å²) >= 11 is 0. The van der Waals surface area contributed by atoms with Gasteiger partial charge in [-0.25, -0.2) is 0 Å². The quantitative estimate of drug-likeness (QED) is 0.198. The molecule has 1 atom stereocenters. The molecule has 28 heavy (non-hydrogen) atoms. The first kappa shape index (κ1) is 23.9. The lowest BCUT2D eigenvalue weighted by Crippen LogP contribution is -2.27. The fourth-order valence-corrected chi connectivity index (χ4v) is 3.74. The van der Waals surface area contributed by atoms with Crippen molar-refractivity contribution in [2.24, 2.45) is 11.3 Å². The minimum atomic E-state index is -0.381. The molecule has 1 aliphatic carbocycles. The number of hydrogen-bond donors (Lipinski definition) is 0. The minimum absolute atomic E-state index is 0.372. The van der Waals surface area contributed by atoms with Gasteiger partial charge in [0, 0.05) is 13.8 Å². The van der Waals surface area contributed by atoms with E-state index >= 15 is 0 Å². The predicted molar refractivity (Wildman–Crippen MR) is 113 cm³/mol. The third-order valence-electron chi connectivity index (χ3n) is 5.39. The third kappa shape index (κ3) is 9.20. The van der Waals surface area contributed by atoms with E-state index in [2.05, 4.69) is 39.8 Å². The summed E-state index contributed by atoms with van der Waals surface area (Å²) in [5, 5.41) is 0. The normalized spacial score (nSPS) is 20.1. The van der Waals surface area contributed by atoms with Crippen molar-refractivity contribution in [3.63, 3.8) is 0 Å². The van der Waals surface area contributed by atoms with Crippen LogP contribution in [0.4, 0.5) is 0 Å². The van der Waals surface area contributed by atoms with Crippen molar-refractivity contribution in [1.82, 2.24) is 0 Å². The van der Waals surface area contributed by atoms with Crippen LogP contribution in [0.2, 0.25) is 0 Å². The van der Waals surface area contributed by atoms with Crippen LogP contribution in [0, 0.1) is 11.3 Å². The smallest absolute Gasteiger partial charge is 0.307 e. The first-order valence-corrected chi connectivity index (χ1v) is 10.1. The molecule has 0 bridgehead atoms. The van der Waals surface area contributed by atoms with Crippen molar-refractivity contribution in [2.45, 2.75) is 80.1 Å². The first-order valence-electron chi connectivity index (χ1n) is 10.1. The number of ether oxygens (including phenoxy) is 2. The van der Waals surface area contributed by atoms with Gasteiger partial charge in [0.1, 0.15) is 0 Å². The molecule has 0 fully saturated rings. The van der Waals surface area contributed by atoms with Gasteiger partial charge in [-0.15, -0.1) is 0 Å². The maximum absolute atomic E-state index is 11.0. The van der Waals surface area contributed by atoms with Crippen molar-refractivity contribution < 1.29 is 19.1 Å². The lowest BCUT2D eigenvalue weighted by molar-refractivity contribution is -0.136. The molecule has 4 heteroatoms. The van der Waals surface area contributed by atoms with E-state index in [0.29, 0.717) is 17.8 Å². The summed E-state index contributed by atoms with van der Waals surface area (Å²) in [5.41, 5.74) is 4.09. The van der Waals surface area contributed by atoms with E-state index in [4.69, 9.17) is 9.47 Å². The van der Waals surface area contributed by atoms with Crippen LogP contribution in [-0.4, -0.2) is 11.9 Å². The number of esters is 2. The summed E-state index contributed by atoms with van der Waals surface area (Å²) in [6, 6.07) is 0. The molecule has 1 rings (SSSR count). The van der Waals surface area contributed by atoms with Crippen molar-refractivity contribution in [2.75, 3.05) is 0 Å². The monoisotopic (exact) mass is 388 g/mol. The van der Waals surface area contributed by atoms with Crippen LogP contribution in [0.1, 0.15) is 80.1 Å².